The van der Waals surface area contributed by atoms with E-state index < -0.39 is 6.04 Å². The van der Waals surface area contributed by atoms with E-state index in [-0.39, 0.29) is 5.97 Å². The molecule has 0 saturated heterocycles. The highest BCUT2D eigenvalue weighted by atomic mass is 79.9. The van der Waals surface area contributed by atoms with Crippen LogP contribution in [0, 0.1) is 0 Å². The van der Waals surface area contributed by atoms with E-state index in [4.69, 9.17) is 4.74 Å². The Morgan fingerprint density at radius 2 is 1.86 bits per heavy atom. The highest BCUT2D eigenvalue weighted by Gasteiger charge is 2.19. The van der Waals surface area contributed by atoms with Crippen molar-refractivity contribution in [2.75, 3.05) is 7.11 Å². The molecule has 0 N–H and O–H groups in total. The number of carbonyl (C=O) groups is 1. The molecule has 0 amide bonds. The summed E-state index contributed by atoms with van der Waals surface area (Å²) in [5.74, 6) is -0.335. The summed E-state index contributed by atoms with van der Waals surface area (Å²) < 4.78 is 5.81. The molecule has 0 aromatic heterocycles. The number of carbonyl (C=O) groups excluding carboxylic acids is 1. The van der Waals surface area contributed by atoms with Crippen LogP contribution in [0.15, 0.2) is 64.1 Å². The van der Waals surface area contributed by atoms with Crippen LogP contribution in [-0.4, -0.2) is 25.3 Å². The molecule has 0 fully saturated rings. The molecule has 0 radical (unpaired) electrons. The SMILES string of the molecule is COC(=O)C(Cc1ccccc1Br)N=Cc1ccccc1. The van der Waals surface area contributed by atoms with Gasteiger partial charge in [0.1, 0.15) is 0 Å². The fraction of sp³-hybridized carbons (Fsp3) is 0.176. The Morgan fingerprint density at radius 3 is 2.52 bits per heavy atom. The van der Waals surface area contributed by atoms with Gasteiger partial charge in [0, 0.05) is 17.1 Å². The van der Waals surface area contributed by atoms with Gasteiger partial charge in [0.05, 0.1) is 7.11 Å². The lowest BCUT2D eigenvalue weighted by molar-refractivity contribution is -0.142. The number of hydrogen-bond donors (Lipinski definition) is 0. The molecule has 0 aliphatic heterocycles. The van der Waals surface area contributed by atoms with Crippen molar-refractivity contribution >= 4 is 28.1 Å². The number of aliphatic imine (C=N–C) groups is 1. The van der Waals surface area contributed by atoms with Gasteiger partial charge in [-0.1, -0.05) is 64.5 Å². The first kappa shape index (κ1) is 15.4. The zero-order valence-corrected chi connectivity index (χ0v) is 13.3. The van der Waals surface area contributed by atoms with E-state index in [9.17, 15) is 4.79 Å². The minimum Gasteiger partial charge on any atom is -0.467 e. The van der Waals surface area contributed by atoms with Crippen LogP contribution in [0.4, 0.5) is 0 Å². The fourth-order valence-corrected chi connectivity index (χ4v) is 2.37. The molecular weight excluding hydrogens is 330 g/mol. The Hall–Kier alpha value is -1.94. The van der Waals surface area contributed by atoms with Crippen molar-refractivity contribution in [3.63, 3.8) is 0 Å². The topological polar surface area (TPSA) is 38.7 Å². The summed E-state index contributed by atoms with van der Waals surface area (Å²) in [5, 5.41) is 0. The fourth-order valence-electron chi connectivity index (χ4n) is 1.92. The molecule has 0 spiro atoms. The molecule has 2 aromatic rings. The summed E-state index contributed by atoms with van der Waals surface area (Å²) in [6.45, 7) is 0. The molecule has 0 heterocycles. The van der Waals surface area contributed by atoms with E-state index in [1.54, 1.807) is 6.21 Å². The molecule has 21 heavy (non-hydrogen) atoms. The summed E-state index contributed by atoms with van der Waals surface area (Å²) in [5.41, 5.74) is 1.98. The van der Waals surface area contributed by atoms with Crippen LogP contribution in [-0.2, 0) is 16.0 Å². The molecular formula is C17H16BrNO2. The third kappa shape index (κ3) is 4.53. The predicted molar refractivity (Wildman–Crippen MR) is 87.7 cm³/mol. The first-order chi connectivity index (χ1) is 10.2. The Balaban J connectivity index is 2.17. The van der Waals surface area contributed by atoms with Crippen molar-refractivity contribution < 1.29 is 9.53 Å². The van der Waals surface area contributed by atoms with Gasteiger partial charge < -0.3 is 4.74 Å². The molecule has 2 rings (SSSR count). The molecule has 0 aliphatic rings. The van der Waals surface area contributed by atoms with Crippen LogP contribution in [0.3, 0.4) is 0 Å². The molecule has 4 heteroatoms. The van der Waals surface area contributed by atoms with E-state index in [1.807, 2.05) is 54.6 Å². The summed E-state index contributed by atoms with van der Waals surface area (Å²) in [7, 11) is 1.38. The highest BCUT2D eigenvalue weighted by molar-refractivity contribution is 9.10. The number of rotatable bonds is 5. The van der Waals surface area contributed by atoms with Gasteiger partial charge in [-0.25, -0.2) is 4.79 Å². The van der Waals surface area contributed by atoms with Crippen LogP contribution >= 0.6 is 15.9 Å². The molecule has 1 unspecified atom stereocenters. The van der Waals surface area contributed by atoms with E-state index in [2.05, 4.69) is 20.9 Å². The number of hydrogen-bond acceptors (Lipinski definition) is 3. The maximum atomic E-state index is 11.9. The predicted octanol–water partition coefficient (Wildman–Crippen LogP) is 3.65. The van der Waals surface area contributed by atoms with E-state index in [0.717, 1.165) is 15.6 Å². The summed E-state index contributed by atoms with van der Waals surface area (Å²) in [6.07, 6.45) is 2.20. The zero-order valence-electron chi connectivity index (χ0n) is 11.7. The second-order valence-corrected chi connectivity index (χ2v) is 5.38. The number of halogens is 1. The minimum atomic E-state index is -0.547. The van der Waals surface area contributed by atoms with E-state index >= 15 is 0 Å². The lowest BCUT2D eigenvalue weighted by Crippen LogP contribution is -2.23. The summed E-state index contributed by atoms with van der Waals surface area (Å²) in [4.78, 5) is 16.3. The normalized spacial score (nSPS) is 12.3. The molecule has 0 bridgehead atoms. The first-order valence-corrected chi connectivity index (χ1v) is 7.39. The standard InChI is InChI=1S/C17H16BrNO2/c1-21-17(20)16(11-14-9-5-6-10-15(14)18)19-12-13-7-3-2-4-8-13/h2-10,12,16H,11H2,1H3. The Kier molecular flexibility index (Phi) is 5.69. The lowest BCUT2D eigenvalue weighted by atomic mass is 10.1. The summed E-state index contributed by atoms with van der Waals surface area (Å²) in [6, 6.07) is 16.9. The molecule has 0 saturated carbocycles. The van der Waals surface area contributed by atoms with Gasteiger partial charge in [-0.2, -0.15) is 0 Å². The van der Waals surface area contributed by atoms with Crippen molar-refractivity contribution in [3.8, 4) is 0 Å². The molecule has 108 valence electrons. The zero-order chi connectivity index (χ0) is 15.1. The second kappa shape index (κ2) is 7.74. The Bertz CT molecular complexity index is 626. The molecule has 0 aliphatic carbocycles. The van der Waals surface area contributed by atoms with Crippen molar-refractivity contribution in [1.82, 2.24) is 0 Å². The quantitative estimate of drug-likeness (QED) is 0.612. The van der Waals surface area contributed by atoms with Crippen molar-refractivity contribution in [1.29, 1.82) is 0 Å². The smallest absolute Gasteiger partial charge is 0.330 e. The van der Waals surface area contributed by atoms with E-state index in [0.29, 0.717) is 6.42 Å². The van der Waals surface area contributed by atoms with Crippen molar-refractivity contribution in [3.05, 3.63) is 70.2 Å². The number of methoxy groups -OCH3 is 1. The number of benzene rings is 2. The maximum absolute atomic E-state index is 11.9. The average molecular weight is 346 g/mol. The lowest BCUT2D eigenvalue weighted by Gasteiger charge is -2.11. The van der Waals surface area contributed by atoms with Gasteiger partial charge in [-0.05, 0) is 17.2 Å². The van der Waals surface area contributed by atoms with Crippen molar-refractivity contribution in [2.24, 2.45) is 4.99 Å². The first-order valence-electron chi connectivity index (χ1n) is 6.60. The molecule has 2 aromatic carbocycles. The number of esters is 1. The summed E-state index contributed by atoms with van der Waals surface area (Å²) >= 11 is 3.49. The van der Waals surface area contributed by atoms with Crippen LogP contribution < -0.4 is 0 Å². The van der Waals surface area contributed by atoms with Gasteiger partial charge in [0.15, 0.2) is 6.04 Å². The van der Waals surface area contributed by atoms with Crippen LogP contribution in [0.1, 0.15) is 11.1 Å². The van der Waals surface area contributed by atoms with Crippen LogP contribution in [0.25, 0.3) is 0 Å². The second-order valence-electron chi connectivity index (χ2n) is 4.52. The average Bonchev–Trinajstić information content (AvgIpc) is 2.53. The van der Waals surface area contributed by atoms with Crippen molar-refractivity contribution in [2.45, 2.75) is 12.5 Å². The third-order valence-corrected chi connectivity index (χ3v) is 3.82. The monoisotopic (exact) mass is 345 g/mol. The van der Waals surface area contributed by atoms with Crippen LogP contribution in [0.5, 0.6) is 0 Å². The van der Waals surface area contributed by atoms with Crippen LogP contribution in [0.2, 0.25) is 0 Å². The third-order valence-electron chi connectivity index (χ3n) is 3.05. The van der Waals surface area contributed by atoms with Gasteiger partial charge in [-0.3, -0.25) is 4.99 Å². The molecule has 3 nitrogen and oxygen atoms in total. The van der Waals surface area contributed by atoms with Gasteiger partial charge in [0.2, 0.25) is 0 Å². The Morgan fingerprint density at radius 1 is 1.19 bits per heavy atom. The van der Waals surface area contributed by atoms with Gasteiger partial charge >= 0.3 is 5.97 Å². The minimum absolute atomic E-state index is 0.335. The Labute approximate surface area is 132 Å². The highest BCUT2D eigenvalue weighted by Crippen LogP contribution is 2.19. The largest absolute Gasteiger partial charge is 0.467 e. The van der Waals surface area contributed by atoms with E-state index in [1.165, 1.54) is 7.11 Å². The number of nitrogens with zero attached hydrogens (tertiary/aromatic N) is 1. The number of ether oxygens (including phenoxy) is 1. The maximum Gasteiger partial charge on any atom is 0.330 e. The molecule has 1 atom stereocenters. The van der Waals surface area contributed by atoms with Gasteiger partial charge in [-0.15, -0.1) is 0 Å². The van der Waals surface area contributed by atoms with Gasteiger partial charge in [0.25, 0.3) is 0 Å².